The van der Waals surface area contributed by atoms with Crippen LogP contribution in [0, 0.1) is 5.41 Å². The summed E-state index contributed by atoms with van der Waals surface area (Å²) >= 11 is 0. The highest BCUT2D eigenvalue weighted by Gasteiger charge is 2.31. The van der Waals surface area contributed by atoms with Crippen LogP contribution in [0.2, 0.25) is 25.7 Å². The minimum absolute atomic E-state index is 0.244. The molecule has 98 valence electrons. The molecule has 0 aromatic heterocycles. The van der Waals surface area contributed by atoms with Gasteiger partial charge in [-0.15, -0.1) is 0 Å². The Morgan fingerprint density at radius 1 is 1.00 bits per heavy atom. The summed E-state index contributed by atoms with van der Waals surface area (Å²) in [6.45, 7) is 20.2. The van der Waals surface area contributed by atoms with Crippen molar-refractivity contribution >= 4 is 8.07 Å². The molecule has 0 radical (unpaired) electrons. The summed E-state index contributed by atoms with van der Waals surface area (Å²) < 4.78 is 0. The molecular formula is C14H33NSi. The van der Waals surface area contributed by atoms with E-state index in [0.717, 1.165) is 6.54 Å². The Bertz CT molecular complexity index is 200. The molecule has 16 heavy (non-hydrogen) atoms. The Balaban J connectivity index is 4.45. The zero-order valence-corrected chi connectivity index (χ0v) is 13.8. The van der Waals surface area contributed by atoms with Gasteiger partial charge in [-0.1, -0.05) is 46.0 Å². The predicted octanol–water partition coefficient (Wildman–Crippen LogP) is 4.52. The van der Waals surface area contributed by atoms with Gasteiger partial charge in [0.25, 0.3) is 0 Å². The molecule has 0 aromatic carbocycles. The normalized spacial score (nSPS) is 17.2. The number of hydrogen-bond acceptors (Lipinski definition) is 1. The van der Waals surface area contributed by atoms with Crippen LogP contribution in [-0.2, 0) is 0 Å². The van der Waals surface area contributed by atoms with E-state index in [1.807, 2.05) is 0 Å². The minimum Gasteiger partial charge on any atom is -0.312 e. The van der Waals surface area contributed by atoms with Gasteiger partial charge in [-0.3, -0.25) is 0 Å². The maximum atomic E-state index is 3.69. The Kier molecular flexibility index (Phi) is 5.74. The third-order valence-electron chi connectivity index (χ3n) is 2.86. The third-order valence-corrected chi connectivity index (χ3v) is 4.77. The van der Waals surface area contributed by atoms with E-state index in [0.29, 0.717) is 5.41 Å². The van der Waals surface area contributed by atoms with E-state index in [9.17, 15) is 0 Å². The average Bonchev–Trinajstić information content (AvgIpc) is 1.96. The first kappa shape index (κ1) is 16.2. The maximum absolute atomic E-state index is 3.69. The van der Waals surface area contributed by atoms with Gasteiger partial charge in [0.05, 0.1) is 0 Å². The topological polar surface area (TPSA) is 12.0 Å². The van der Waals surface area contributed by atoms with Crippen LogP contribution >= 0.6 is 0 Å². The fraction of sp³-hybridized carbons (Fsp3) is 1.00. The van der Waals surface area contributed by atoms with Crippen LogP contribution in [-0.4, -0.2) is 20.2 Å². The Morgan fingerprint density at radius 3 is 1.81 bits per heavy atom. The van der Waals surface area contributed by atoms with Crippen LogP contribution in [0.3, 0.4) is 0 Å². The highest BCUT2D eigenvalue weighted by atomic mass is 28.3. The Hall–Kier alpha value is 0.177. The molecule has 0 aromatic rings. The molecule has 0 fully saturated rings. The predicted molar refractivity (Wildman–Crippen MR) is 78.9 cm³/mol. The molecule has 0 aliphatic heterocycles. The summed E-state index contributed by atoms with van der Waals surface area (Å²) in [7, 11) is -0.966. The van der Waals surface area contributed by atoms with E-state index < -0.39 is 8.07 Å². The van der Waals surface area contributed by atoms with Crippen LogP contribution in [0.15, 0.2) is 0 Å². The van der Waals surface area contributed by atoms with E-state index in [-0.39, 0.29) is 5.54 Å². The van der Waals surface area contributed by atoms with Crippen molar-refractivity contribution in [3.63, 3.8) is 0 Å². The number of rotatable bonds is 6. The van der Waals surface area contributed by atoms with Crippen molar-refractivity contribution in [2.75, 3.05) is 6.54 Å². The SMILES string of the molecule is CCCC(C)(CNC(C)(C)C)C[Si](C)(C)C. The summed E-state index contributed by atoms with van der Waals surface area (Å²) in [5.41, 5.74) is 0.737. The van der Waals surface area contributed by atoms with Gasteiger partial charge in [0.1, 0.15) is 0 Å². The summed E-state index contributed by atoms with van der Waals surface area (Å²) in [6.07, 6.45) is 2.65. The molecule has 2 heteroatoms. The largest absolute Gasteiger partial charge is 0.312 e. The van der Waals surface area contributed by atoms with E-state index >= 15 is 0 Å². The lowest BCUT2D eigenvalue weighted by Gasteiger charge is -2.37. The molecule has 0 heterocycles. The van der Waals surface area contributed by atoms with Gasteiger partial charge in [-0.25, -0.2) is 0 Å². The number of nitrogens with one attached hydrogen (secondary N) is 1. The second kappa shape index (κ2) is 5.68. The first-order valence-electron chi connectivity index (χ1n) is 6.72. The monoisotopic (exact) mass is 243 g/mol. The summed E-state index contributed by atoms with van der Waals surface area (Å²) in [6, 6.07) is 1.43. The highest BCUT2D eigenvalue weighted by Crippen LogP contribution is 2.33. The Labute approximate surface area is 104 Å². The van der Waals surface area contributed by atoms with Crippen molar-refractivity contribution in [3.8, 4) is 0 Å². The molecule has 0 amide bonds. The molecular weight excluding hydrogens is 210 g/mol. The molecule has 0 aliphatic rings. The molecule has 0 saturated carbocycles. The first-order valence-corrected chi connectivity index (χ1v) is 10.4. The van der Waals surface area contributed by atoms with Gasteiger partial charge < -0.3 is 5.32 Å². The minimum atomic E-state index is -0.966. The molecule has 0 saturated heterocycles. The zero-order valence-electron chi connectivity index (χ0n) is 12.8. The van der Waals surface area contributed by atoms with Crippen LogP contribution in [0.25, 0.3) is 0 Å². The van der Waals surface area contributed by atoms with Gasteiger partial charge in [0.2, 0.25) is 0 Å². The van der Waals surface area contributed by atoms with Crippen LogP contribution < -0.4 is 5.32 Å². The fourth-order valence-corrected chi connectivity index (χ4v) is 5.46. The van der Waals surface area contributed by atoms with Crippen LogP contribution in [0.1, 0.15) is 47.5 Å². The van der Waals surface area contributed by atoms with Crippen molar-refractivity contribution in [2.45, 2.75) is 78.7 Å². The highest BCUT2D eigenvalue weighted by molar-refractivity contribution is 6.76. The molecule has 1 N–H and O–H groups in total. The molecule has 0 spiro atoms. The van der Waals surface area contributed by atoms with Crippen molar-refractivity contribution in [1.29, 1.82) is 0 Å². The van der Waals surface area contributed by atoms with Crippen molar-refractivity contribution in [2.24, 2.45) is 5.41 Å². The van der Waals surface area contributed by atoms with Gasteiger partial charge in [-0.05, 0) is 32.6 Å². The van der Waals surface area contributed by atoms with Crippen molar-refractivity contribution < 1.29 is 0 Å². The van der Waals surface area contributed by atoms with Gasteiger partial charge in [0.15, 0.2) is 0 Å². The first-order chi connectivity index (χ1) is 6.97. The van der Waals surface area contributed by atoms with Gasteiger partial charge >= 0.3 is 0 Å². The molecule has 0 bridgehead atoms. The van der Waals surface area contributed by atoms with E-state index in [4.69, 9.17) is 0 Å². The summed E-state index contributed by atoms with van der Waals surface area (Å²) in [5, 5.41) is 3.69. The van der Waals surface area contributed by atoms with E-state index in [1.54, 1.807) is 0 Å². The quantitative estimate of drug-likeness (QED) is 0.676. The van der Waals surface area contributed by atoms with Crippen LogP contribution in [0.4, 0.5) is 0 Å². The fourth-order valence-electron chi connectivity index (χ4n) is 2.60. The van der Waals surface area contributed by atoms with Gasteiger partial charge in [0, 0.05) is 20.2 Å². The molecule has 1 atom stereocenters. The second-order valence-corrected chi connectivity index (χ2v) is 13.4. The average molecular weight is 244 g/mol. The van der Waals surface area contributed by atoms with E-state index in [2.05, 4.69) is 59.6 Å². The van der Waals surface area contributed by atoms with Crippen molar-refractivity contribution in [1.82, 2.24) is 5.32 Å². The molecule has 1 nitrogen and oxygen atoms in total. The lowest BCUT2D eigenvalue weighted by Crippen LogP contribution is -2.45. The van der Waals surface area contributed by atoms with Crippen LogP contribution in [0.5, 0.6) is 0 Å². The standard InChI is InChI=1S/C14H33NSi/c1-9-10-14(5,12-16(6,7)8)11-15-13(2,3)4/h15H,9-12H2,1-8H3. The summed E-state index contributed by atoms with van der Waals surface area (Å²) in [5.74, 6) is 0. The third kappa shape index (κ3) is 8.34. The lowest BCUT2D eigenvalue weighted by molar-refractivity contribution is 0.268. The summed E-state index contributed by atoms with van der Waals surface area (Å²) in [4.78, 5) is 0. The zero-order chi connectivity index (χ0) is 13.0. The number of hydrogen-bond donors (Lipinski definition) is 1. The van der Waals surface area contributed by atoms with Crippen molar-refractivity contribution in [3.05, 3.63) is 0 Å². The van der Waals surface area contributed by atoms with E-state index in [1.165, 1.54) is 18.9 Å². The van der Waals surface area contributed by atoms with Gasteiger partial charge in [-0.2, -0.15) is 0 Å². The molecule has 0 aliphatic carbocycles. The smallest absolute Gasteiger partial charge is 0.0448 e. The Morgan fingerprint density at radius 2 is 1.50 bits per heavy atom. The lowest BCUT2D eigenvalue weighted by atomic mass is 9.87. The molecule has 1 unspecified atom stereocenters. The molecule has 0 rings (SSSR count). The second-order valence-electron chi connectivity index (χ2n) is 7.90. The maximum Gasteiger partial charge on any atom is 0.0448 e.